The van der Waals surface area contributed by atoms with Gasteiger partial charge in [0.05, 0.1) is 11.8 Å². The number of fused-ring (bicyclic) bond motifs is 1. The van der Waals surface area contributed by atoms with Crippen LogP contribution in [-0.2, 0) is 4.79 Å². The Morgan fingerprint density at radius 3 is 2.67 bits per heavy atom. The van der Waals surface area contributed by atoms with Gasteiger partial charge < -0.3 is 9.52 Å². The third-order valence-electron chi connectivity index (χ3n) is 6.02. The van der Waals surface area contributed by atoms with Crippen LogP contribution in [0.3, 0.4) is 0 Å². The summed E-state index contributed by atoms with van der Waals surface area (Å²) >= 11 is 0. The van der Waals surface area contributed by atoms with Gasteiger partial charge in [-0.05, 0) is 48.4 Å². The third-order valence-corrected chi connectivity index (χ3v) is 6.02. The van der Waals surface area contributed by atoms with E-state index in [0.717, 1.165) is 18.4 Å². The molecule has 0 saturated heterocycles. The van der Waals surface area contributed by atoms with Crippen LogP contribution in [0.2, 0.25) is 0 Å². The molecule has 27 heavy (non-hydrogen) atoms. The maximum atomic E-state index is 12.4. The Balaban J connectivity index is 1.36. The summed E-state index contributed by atoms with van der Waals surface area (Å²) in [6, 6.07) is 10.00. The Morgan fingerprint density at radius 2 is 2.00 bits per heavy atom. The van der Waals surface area contributed by atoms with Gasteiger partial charge in [0.2, 0.25) is 5.91 Å². The molecule has 6 nitrogen and oxygen atoms in total. The molecular formula is C21H22N2O4. The summed E-state index contributed by atoms with van der Waals surface area (Å²) < 4.78 is 5.69. The summed E-state index contributed by atoms with van der Waals surface area (Å²) in [5.74, 6) is 0.751. The second kappa shape index (κ2) is 6.68. The van der Waals surface area contributed by atoms with Crippen molar-refractivity contribution in [3.8, 4) is 11.3 Å². The average molecular weight is 366 g/mol. The van der Waals surface area contributed by atoms with E-state index in [0.29, 0.717) is 17.4 Å². The molecule has 2 fully saturated rings. The molecule has 2 N–H and O–H groups in total. The molecule has 2 aromatic rings. The van der Waals surface area contributed by atoms with E-state index in [2.05, 4.69) is 17.5 Å². The maximum absolute atomic E-state index is 12.4. The predicted octanol–water partition coefficient (Wildman–Crippen LogP) is 3.92. The summed E-state index contributed by atoms with van der Waals surface area (Å²) in [5, 5.41) is 13.0. The predicted molar refractivity (Wildman–Crippen MR) is 100 cm³/mol. The molecule has 0 spiro atoms. The zero-order chi connectivity index (χ0) is 19.0. The van der Waals surface area contributed by atoms with Crippen molar-refractivity contribution in [1.29, 1.82) is 0 Å². The fourth-order valence-corrected chi connectivity index (χ4v) is 4.43. The van der Waals surface area contributed by atoms with Crippen LogP contribution >= 0.6 is 0 Å². The average Bonchev–Trinajstić information content (AvgIpc) is 3.03. The first kappa shape index (κ1) is 17.5. The number of hydrogen-bond donors (Lipinski definition) is 2. The number of rotatable bonds is 5. The molecule has 4 rings (SSSR count). The van der Waals surface area contributed by atoms with Crippen molar-refractivity contribution in [1.82, 2.24) is 5.43 Å². The number of carboxylic acids is 1. The number of nitrogens with zero attached hydrogens (tertiary/aromatic N) is 1. The van der Waals surface area contributed by atoms with Gasteiger partial charge in [-0.1, -0.05) is 31.9 Å². The number of hydrogen-bond acceptors (Lipinski definition) is 4. The molecule has 2 saturated carbocycles. The summed E-state index contributed by atoms with van der Waals surface area (Å²) in [4.78, 5) is 23.3. The van der Waals surface area contributed by atoms with Gasteiger partial charge in [0.15, 0.2) is 0 Å². The van der Waals surface area contributed by atoms with Gasteiger partial charge in [0, 0.05) is 11.5 Å². The van der Waals surface area contributed by atoms with E-state index in [-0.39, 0.29) is 22.8 Å². The van der Waals surface area contributed by atoms with E-state index in [1.54, 1.807) is 24.3 Å². The van der Waals surface area contributed by atoms with Gasteiger partial charge in [0.25, 0.3) is 0 Å². The molecule has 2 aliphatic carbocycles. The largest absolute Gasteiger partial charge is 0.478 e. The van der Waals surface area contributed by atoms with Crippen molar-refractivity contribution in [2.75, 3.05) is 0 Å². The minimum absolute atomic E-state index is 0.00307. The van der Waals surface area contributed by atoms with E-state index in [9.17, 15) is 9.59 Å². The molecule has 1 heterocycles. The van der Waals surface area contributed by atoms with Crippen LogP contribution in [0.15, 0.2) is 45.9 Å². The van der Waals surface area contributed by atoms with E-state index >= 15 is 0 Å². The SMILES string of the molecule is C[C@]12CCCC[C@H]1[C@@H]2C(=O)N/N=C\c1ccc(-c2ccc(C(=O)O)cc2)o1. The molecular weight excluding hydrogens is 344 g/mol. The number of amides is 1. The van der Waals surface area contributed by atoms with E-state index in [4.69, 9.17) is 9.52 Å². The molecule has 140 valence electrons. The molecule has 3 atom stereocenters. The molecule has 6 heteroatoms. The topological polar surface area (TPSA) is 91.9 Å². The summed E-state index contributed by atoms with van der Waals surface area (Å²) in [6.07, 6.45) is 6.18. The van der Waals surface area contributed by atoms with Gasteiger partial charge >= 0.3 is 5.97 Å². The molecule has 0 bridgehead atoms. The lowest BCUT2D eigenvalue weighted by atomic mass is 9.90. The molecule has 1 aromatic heterocycles. The highest BCUT2D eigenvalue weighted by molar-refractivity contribution is 5.88. The van der Waals surface area contributed by atoms with Gasteiger partial charge in [-0.15, -0.1) is 0 Å². The van der Waals surface area contributed by atoms with Crippen LogP contribution in [0.25, 0.3) is 11.3 Å². The van der Waals surface area contributed by atoms with Gasteiger partial charge in [-0.25, -0.2) is 10.2 Å². The first-order valence-electron chi connectivity index (χ1n) is 9.25. The minimum Gasteiger partial charge on any atom is -0.478 e. The molecule has 1 amide bonds. The summed E-state index contributed by atoms with van der Waals surface area (Å²) in [5.41, 5.74) is 3.82. The monoisotopic (exact) mass is 366 g/mol. The first-order valence-corrected chi connectivity index (χ1v) is 9.25. The summed E-state index contributed by atoms with van der Waals surface area (Å²) in [6.45, 7) is 2.21. The Labute approximate surface area is 157 Å². The van der Waals surface area contributed by atoms with Crippen LogP contribution in [0.4, 0.5) is 0 Å². The number of furan rings is 1. The number of carbonyl (C=O) groups excluding carboxylic acids is 1. The van der Waals surface area contributed by atoms with Crippen LogP contribution in [0, 0.1) is 17.3 Å². The lowest BCUT2D eigenvalue weighted by Gasteiger charge is -2.15. The standard InChI is InChI=1S/C21H22N2O4/c1-21-11-3-2-4-16(21)18(21)19(24)23-22-12-15-9-10-17(27-15)13-5-7-14(8-6-13)20(25)26/h5-10,12,16,18H,2-4,11H2,1H3,(H,23,24)(H,25,26)/b22-12-/t16-,18+,21-/m0/s1. The van der Waals surface area contributed by atoms with Crippen molar-refractivity contribution >= 4 is 18.1 Å². The number of carboxylic acid groups (broad SMARTS) is 1. The van der Waals surface area contributed by atoms with Crippen LogP contribution in [0.5, 0.6) is 0 Å². The number of carbonyl (C=O) groups is 2. The van der Waals surface area contributed by atoms with Gasteiger partial charge in [-0.3, -0.25) is 4.79 Å². The fraction of sp³-hybridized carbons (Fsp3) is 0.381. The Hall–Kier alpha value is -2.89. The second-order valence-corrected chi connectivity index (χ2v) is 7.65. The molecule has 2 aliphatic rings. The Morgan fingerprint density at radius 1 is 1.22 bits per heavy atom. The van der Waals surface area contributed by atoms with Crippen LogP contribution in [0.1, 0.15) is 48.7 Å². The van der Waals surface area contributed by atoms with Crippen LogP contribution in [-0.4, -0.2) is 23.2 Å². The Kier molecular flexibility index (Phi) is 4.34. The number of hydrazone groups is 1. The van der Waals surface area contributed by atoms with Crippen molar-refractivity contribution in [3.05, 3.63) is 47.7 Å². The highest BCUT2D eigenvalue weighted by Gasteiger charge is 2.64. The Bertz CT molecular complexity index is 899. The third kappa shape index (κ3) is 3.27. The highest BCUT2D eigenvalue weighted by Crippen LogP contribution is 2.66. The van der Waals surface area contributed by atoms with Crippen LogP contribution < -0.4 is 5.43 Å². The number of aromatic carboxylic acids is 1. The summed E-state index contributed by atoms with van der Waals surface area (Å²) in [7, 11) is 0. The zero-order valence-electron chi connectivity index (χ0n) is 15.1. The van der Waals surface area contributed by atoms with E-state index < -0.39 is 5.97 Å². The maximum Gasteiger partial charge on any atom is 0.335 e. The quantitative estimate of drug-likeness (QED) is 0.620. The first-order chi connectivity index (χ1) is 13.0. The lowest BCUT2D eigenvalue weighted by molar-refractivity contribution is -0.123. The minimum atomic E-state index is -0.964. The van der Waals surface area contributed by atoms with Gasteiger partial charge in [0.1, 0.15) is 11.5 Å². The smallest absolute Gasteiger partial charge is 0.335 e. The fourth-order valence-electron chi connectivity index (χ4n) is 4.43. The van der Waals surface area contributed by atoms with Gasteiger partial charge in [-0.2, -0.15) is 5.10 Å². The van der Waals surface area contributed by atoms with Crippen molar-refractivity contribution in [3.63, 3.8) is 0 Å². The highest BCUT2D eigenvalue weighted by atomic mass is 16.4. The molecule has 0 unspecified atom stereocenters. The van der Waals surface area contributed by atoms with Crippen molar-refractivity contribution in [2.24, 2.45) is 22.4 Å². The number of nitrogens with one attached hydrogen (secondary N) is 1. The molecule has 0 aliphatic heterocycles. The molecule has 1 aromatic carbocycles. The van der Waals surface area contributed by atoms with Crippen molar-refractivity contribution in [2.45, 2.75) is 32.6 Å². The second-order valence-electron chi connectivity index (χ2n) is 7.65. The molecule has 0 radical (unpaired) electrons. The van der Waals surface area contributed by atoms with E-state index in [1.165, 1.54) is 31.2 Å². The zero-order valence-corrected chi connectivity index (χ0v) is 15.1. The normalized spacial score (nSPS) is 26.6. The van der Waals surface area contributed by atoms with E-state index in [1.807, 2.05) is 0 Å². The lowest BCUT2D eigenvalue weighted by Crippen LogP contribution is -2.22. The van der Waals surface area contributed by atoms with Crippen molar-refractivity contribution < 1.29 is 19.1 Å². The number of benzene rings is 1.